The number of nitrogens with zero attached hydrogens (tertiary/aromatic N) is 2. The van der Waals surface area contributed by atoms with Crippen molar-refractivity contribution >= 4 is 23.5 Å². The third-order valence-corrected chi connectivity index (χ3v) is 3.12. The van der Waals surface area contributed by atoms with Gasteiger partial charge in [0.05, 0.1) is 0 Å². The molecule has 2 amide bonds. The molecule has 0 aromatic carbocycles. The standard InChI is InChI=1S/C11H15N3O4/c1-14-8(15)5-4-7(13-14)10(16)12-9(11(17)18)6-2-3-6/h6,9H,2-5H2,1H3,(H,12,16)(H,17,18). The highest BCUT2D eigenvalue weighted by Gasteiger charge is 2.38. The van der Waals surface area contributed by atoms with Crippen LogP contribution in [0.3, 0.4) is 0 Å². The summed E-state index contributed by atoms with van der Waals surface area (Å²) >= 11 is 0. The lowest BCUT2D eigenvalue weighted by Gasteiger charge is -2.20. The summed E-state index contributed by atoms with van der Waals surface area (Å²) in [5, 5.41) is 16.4. The third-order valence-electron chi connectivity index (χ3n) is 3.12. The Labute approximate surface area is 104 Å². The van der Waals surface area contributed by atoms with Crippen LogP contribution in [0.4, 0.5) is 0 Å². The predicted molar refractivity (Wildman–Crippen MR) is 61.7 cm³/mol. The monoisotopic (exact) mass is 253 g/mol. The number of aliphatic carboxylic acids is 1. The molecule has 1 unspecified atom stereocenters. The van der Waals surface area contributed by atoms with Crippen LogP contribution in [0.1, 0.15) is 25.7 Å². The minimum atomic E-state index is -1.02. The second kappa shape index (κ2) is 4.75. The number of hydrogen-bond donors (Lipinski definition) is 2. The molecule has 1 atom stereocenters. The first-order chi connectivity index (χ1) is 8.49. The van der Waals surface area contributed by atoms with Crippen LogP contribution in [-0.2, 0) is 14.4 Å². The Kier molecular flexibility index (Phi) is 3.31. The molecule has 2 rings (SSSR count). The Morgan fingerprint density at radius 1 is 1.44 bits per heavy atom. The summed E-state index contributed by atoms with van der Waals surface area (Å²) in [6.07, 6.45) is 2.13. The molecule has 0 aromatic rings. The number of amides is 2. The number of hydrogen-bond acceptors (Lipinski definition) is 4. The second-order valence-corrected chi connectivity index (χ2v) is 4.59. The van der Waals surface area contributed by atoms with Crippen molar-refractivity contribution in [3.63, 3.8) is 0 Å². The van der Waals surface area contributed by atoms with Crippen LogP contribution < -0.4 is 5.32 Å². The van der Waals surface area contributed by atoms with Gasteiger partial charge in [0.25, 0.3) is 5.91 Å². The van der Waals surface area contributed by atoms with Gasteiger partial charge in [-0.25, -0.2) is 9.80 Å². The molecule has 1 heterocycles. The van der Waals surface area contributed by atoms with E-state index in [0.29, 0.717) is 0 Å². The highest BCUT2D eigenvalue weighted by molar-refractivity contribution is 6.39. The minimum Gasteiger partial charge on any atom is -0.480 e. The first-order valence-electron chi connectivity index (χ1n) is 5.86. The Bertz CT molecular complexity index is 428. The highest BCUT2D eigenvalue weighted by atomic mass is 16.4. The molecule has 7 heteroatoms. The lowest BCUT2D eigenvalue weighted by atomic mass is 10.1. The second-order valence-electron chi connectivity index (χ2n) is 4.59. The number of nitrogens with one attached hydrogen (secondary N) is 1. The van der Waals surface area contributed by atoms with E-state index in [1.807, 2.05) is 0 Å². The van der Waals surface area contributed by atoms with Gasteiger partial charge in [-0.05, 0) is 18.8 Å². The average Bonchev–Trinajstić information content (AvgIpc) is 3.13. The van der Waals surface area contributed by atoms with Crippen molar-refractivity contribution in [2.45, 2.75) is 31.7 Å². The van der Waals surface area contributed by atoms with E-state index in [9.17, 15) is 14.4 Å². The minimum absolute atomic E-state index is 0.0232. The van der Waals surface area contributed by atoms with Gasteiger partial charge in [-0.2, -0.15) is 5.10 Å². The van der Waals surface area contributed by atoms with E-state index >= 15 is 0 Å². The van der Waals surface area contributed by atoms with E-state index in [1.165, 1.54) is 7.05 Å². The number of rotatable bonds is 4. The van der Waals surface area contributed by atoms with E-state index in [0.717, 1.165) is 17.9 Å². The SMILES string of the molecule is CN1N=C(C(=O)NC(C(=O)O)C2CC2)CCC1=O. The molecule has 1 saturated carbocycles. The molecule has 2 N–H and O–H groups in total. The fraction of sp³-hybridized carbons (Fsp3) is 0.636. The Balaban J connectivity index is 2.01. The van der Waals surface area contributed by atoms with Gasteiger partial charge in [0.15, 0.2) is 0 Å². The lowest BCUT2D eigenvalue weighted by molar-refractivity contribution is -0.141. The van der Waals surface area contributed by atoms with Crippen molar-refractivity contribution < 1.29 is 19.5 Å². The van der Waals surface area contributed by atoms with Crippen LogP contribution >= 0.6 is 0 Å². The Hall–Kier alpha value is -1.92. The largest absolute Gasteiger partial charge is 0.480 e. The van der Waals surface area contributed by atoms with Gasteiger partial charge in [-0.15, -0.1) is 0 Å². The fourth-order valence-corrected chi connectivity index (χ4v) is 1.87. The molecule has 7 nitrogen and oxygen atoms in total. The van der Waals surface area contributed by atoms with Crippen LogP contribution in [0.15, 0.2) is 5.10 Å². The molecule has 18 heavy (non-hydrogen) atoms. The van der Waals surface area contributed by atoms with Gasteiger partial charge in [0.2, 0.25) is 5.91 Å². The number of carboxylic acids is 1. The average molecular weight is 253 g/mol. The summed E-state index contributed by atoms with van der Waals surface area (Å²) in [6.45, 7) is 0. The van der Waals surface area contributed by atoms with E-state index in [4.69, 9.17) is 5.11 Å². The zero-order chi connectivity index (χ0) is 13.3. The fourth-order valence-electron chi connectivity index (χ4n) is 1.87. The van der Waals surface area contributed by atoms with Crippen molar-refractivity contribution in [2.24, 2.45) is 11.0 Å². The molecule has 0 spiro atoms. The Morgan fingerprint density at radius 2 is 2.11 bits per heavy atom. The number of carbonyl (C=O) groups excluding carboxylic acids is 2. The van der Waals surface area contributed by atoms with E-state index in [2.05, 4.69) is 10.4 Å². The first kappa shape index (κ1) is 12.5. The molecule has 0 aromatic heterocycles. The summed E-state index contributed by atoms with van der Waals surface area (Å²) in [7, 11) is 1.48. The smallest absolute Gasteiger partial charge is 0.326 e. The van der Waals surface area contributed by atoms with Crippen molar-refractivity contribution in [2.75, 3.05) is 7.05 Å². The van der Waals surface area contributed by atoms with Gasteiger partial charge in [0.1, 0.15) is 11.8 Å². The van der Waals surface area contributed by atoms with Crippen molar-refractivity contribution in [3.8, 4) is 0 Å². The number of hydrazone groups is 1. The quantitative estimate of drug-likeness (QED) is 0.710. The molecule has 0 radical (unpaired) electrons. The van der Waals surface area contributed by atoms with Crippen LogP contribution in [0.25, 0.3) is 0 Å². The molecule has 98 valence electrons. The lowest BCUT2D eigenvalue weighted by Crippen LogP contribution is -2.46. The molecule has 2 aliphatic rings. The maximum absolute atomic E-state index is 11.9. The number of carboxylic acid groups (broad SMARTS) is 1. The normalized spacial score (nSPS) is 21.3. The maximum Gasteiger partial charge on any atom is 0.326 e. The zero-order valence-corrected chi connectivity index (χ0v) is 10.0. The van der Waals surface area contributed by atoms with E-state index < -0.39 is 17.9 Å². The van der Waals surface area contributed by atoms with E-state index in [1.54, 1.807) is 0 Å². The summed E-state index contributed by atoms with van der Waals surface area (Å²) in [6, 6.07) is -0.844. The summed E-state index contributed by atoms with van der Waals surface area (Å²) < 4.78 is 0. The molecular formula is C11H15N3O4. The Morgan fingerprint density at radius 3 is 2.61 bits per heavy atom. The predicted octanol–water partition coefficient (Wildman–Crippen LogP) is -0.426. The van der Waals surface area contributed by atoms with E-state index in [-0.39, 0.29) is 30.4 Å². The van der Waals surface area contributed by atoms with Crippen LogP contribution in [0, 0.1) is 5.92 Å². The van der Waals surface area contributed by atoms with Gasteiger partial charge in [0, 0.05) is 19.9 Å². The molecule has 1 aliphatic heterocycles. The number of carbonyl (C=O) groups is 3. The summed E-state index contributed by atoms with van der Waals surface area (Å²) in [5.74, 6) is -1.64. The van der Waals surface area contributed by atoms with Crippen molar-refractivity contribution in [1.29, 1.82) is 0 Å². The zero-order valence-electron chi connectivity index (χ0n) is 10.0. The van der Waals surface area contributed by atoms with Crippen molar-refractivity contribution in [1.82, 2.24) is 10.3 Å². The molecule has 1 aliphatic carbocycles. The molecule has 0 saturated heterocycles. The van der Waals surface area contributed by atoms with Crippen molar-refractivity contribution in [3.05, 3.63) is 0 Å². The molecule has 0 bridgehead atoms. The summed E-state index contributed by atoms with van der Waals surface area (Å²) in [4.78, 5) is 34.1. The van der Waals surface area contributed by atoms with Crippen LogP contribution in [-0.4, -0.2) is 46.7 Å². The highest BCUT2D eigenvalue weighted by Crippen LogP contribution is 2.32. The van der Waals surface area contributed by atoms with Crippen LogP contribution in [0.5, 0.6) is 0 Å². The van der Waals surface area contributed by atoms with Gasteiger partial charge in [-0.3, -0.25) is 9.59 Å². The molecular weight excluding hydrogens is 238 g/mol. The van der Waals surface area contributed by atoms with Gasteiger partial charge < -0.3 is 10.4 Å². The topological polar surface area (TPSA) is 99.1 Å². The first-order valence-corrected chi connectivity index (χ1v) is 5.86. The van der Waals surface area contributed by atoms with Gasteiger partial charge >= 0.3 is 5.97 Å². The molecule has 1 fully saturated rings. The van der Waals surface area contributed by atoms with Gasteiger partial charge in [-0.1, -0.05) is 0 Å². The maximum atomic E-state index is 11.9. The summed E-state index contributed by atoms with van der Waals surface area (Å²) in [5.41, 5.74) is 0.212. The third kappa shape index (κ3) is 2.66. The van der Waals surface area contributed by atoms with Crippen LogP contribution in [0.2, 0.25) is 0 Å².